The van der Waals surface area contributed by atoms with Gasteiger partial charge in [0.2, 0.25) is 0 Å². The summed E-state index contributed by atoms with van der Waals surface area (Å²) in [5, 5.41) is 0. The Hall–Kier alpha value is -0.170. The van der Waals surface area contributed by atoms with Gasteiger partial charge in [-0.1, -0.05) is 11.6 Å². The molecule has 0 aromatic heterocycles. The Kier molecular flexibility index (Phi) is 4.31. The molecule has 0 saturated heterocycles. The van der Waals surface area contributed by atoms with Crippen molar-refractivity contribution in [3.8, 4) is 0 Å². The molecule has 0 aliphatic rings. The Bertz CT molecular complexity index is 158. The van der Waals surface area contributed by atoms with Crippen molar-refractivity contribution >= 4 is 11.6 Å². The highest BCUT2D eigenvalue weighted by Crippen LogP contribution is 2.34. The molecule has 0 N–H and O–H groups in total. The Balaban J connectivity index is 4.27. The van der Waals surface area contributed by atoms with Gasteiger partial charge in [-0.25, -0.2) is 13.2 Å². The lowest BCUT2D eigenvalue weighted by atomic mass is 10.2. The molecule has 0 rings (SSSR count). The lowest BCUT2D eigenvalue weighted by Gasteiger charge is -2.21. The summed E-state index contributed by atoms with van der Waals surface area (Å²) >= 11 is 4.77. The van der Waals surface area contributed by atoms with Gasteiger partial charge >= 0.3 is 12.1 Å². The number of hydrogen-bond acceptors (Lipinski definition) is 1. The highest BCUT2D eigenvalue weighted by molar-refractivity contribution is 6.17. The second-order valence-electron chi connectivity index (χ2n) is 2.12. The lowest BCUT2D eigenvalue weighted by Crippen LogP contribution is -2.44. The van der Waals surface area contributed by atoms with Crippen LogP contribution in [0.1, 0.15) is 0 Å². The van der Waals surface area contributed by atoms with Crippen LogP contribution in [0.4, 0.5) is 26.3 Å². The first-order chi connectivity index (χ1) is 5.72. The van der Waals surface area contributed by atoms with E-state index in [0.717, 1.165) is 0 Å². The van der Waals surface area contributed by atoms with Gasteiger partial charge in [0.15, 0.2) is 0 Å². The molecular weight excluding hydrogens is 225 g/mol. The summed E-state index contributed by atoms with van der Waals surface area (Å²) in [4.78, 5) is 0. The molecular formula is C5H5ClF6O. The van der Waals surface area contributed by atoms with Crippen molar-refractivity contribution < 1.29 is 31.1 Å². The minimum absolute atomic E-state index is 0.722. The van der Waals surface area contributed by atoms with Crippen molar-refractivity contribution in [2.24, 2.45) is 0 Å². The van der Waals surface area contributed by atoms with Crippen LogP contribution in [0, 0.1) is 0 Å². The van der Waals surface area contributed by atoms with Gasteiger partial charge in [0.05, 0.1) is 0 Å². The second-order valence-corrected chi connectivity index (χ2v) is 2.34. The molecule has 0 fully saturated rings. The van der Waals surface area contributed by atoms with Gasteiger partial charge in [0.25, 0.3) is 6.17 Å². The summed E-state index contributed by atoms with van der Waals surface area (Å²) in [6.45, 7) is -1.70. The van der Waals surface area contributed by atoms with E-state index < -0.39 is 30.9 Å². The number of rotatable bonds is 4. The summed E-state index contributed by atoms with van der Waals surface area (Å²) in [7, 11) is 0. The maximum Gasteiger partial charge on any atom is 0.425 e. The molecule has 13 heavy (non-hydrogen) atoms. The van der Waals surface area contributed by atoms with Gasteiger partial charge in [-0.2, -0.15) is 13.2 Å². The van der Waals surface area contributed by atoms with E-state index in [9.17, 15) is 26.3 Å². The van der Waals surface area contributed by atoms with E-state index in [1.54, 1.807) is 0 Å². The van der Waals surface area contributed by atoms with Crippen molar-refractivity contribution in [1.29, 1.82) is 0 Å². The highest BCUT2D eigenvalue weighted by atomic mass is 35.5. The van der Waals surface area contributed by atoms with E-state index in [1.807, 2.05) is 0 Å². The number of halogens is 7. The Labute approximate surface area is 74.6 Å². The zero-order valence-corrected chi connectivity index (χ0v) is 6.80. The van der Waals surface area contributed by atoms with E-state index in [-0.39, 0.29) is 0 Å². The van der Waals surface area contributed by atoms with Crippen LogP contribution in [0.3, 0.4) is 0 Å². The van der Waals surface area contributed by atoms with Crippen LogP contribution >= 0.6 is 11.6 Å². The van der Waals surface area contributed by atoms with E-state index in [1.165, 1.54) is 0 Å². The number of ether oxygens (including phenoxy) is 1. The molecule has 0 bridgehead atoms. The first-order valence-electron chi connectivity index (χ1n) is 2.94. The summed E-state index contributed by atoms with van der Waals surface area (Å²) in [6.07, 6.45) is -9.83. The van der Waals surface area contributed by atoms with Crippen LogP contribution in [-0.2, 0) is 4.74 Å². The third-order valence-electron chi connectivity index (χ3n) is 1.03. The van der Waals surface area contributed by atoms with E-state index >= 15 is 0 Å². The molecule has 0 aliphatic carbocycles. The van der Waals surface area contributed by atoms with Crippen molar-refractivity contribution in [3.63, 3.8) is 0 Å². The molecule has 0 spiro atoms. The molecule has 1 unspecified atom stereocenters. The van der Waals surface area contributed by atoms with E-state index in [2.05, 4.69) is 4.74 Å². The molecule has 0 aromatic rings. The molecule has 0 heterocycles. The van der Waals surface area contributed by atoms with Gasteiger partial charge < -0.3 is 4.74 Å². The number of hydrogen-bond donors (Lipinski definition) is 0. The smallest absolute Gasteiger partial charge is 0.359 e. The maximum atomic E-state index is 12.2. The van der Waals surface area contributed by atoms with E-state index in [0.29, 0.717) is 0 Å². The summed E-state index contributed by atoms with van der Waals surface area (Å²) in [6, 6.07) is -0.722. The molecule has 0 amide bonds. The molecule has 0 saturated carbocycles. The molecule has 8 heteroatoms. The summed E-state index contributed by atoms with van der Waals surface area (Å²) < 4.78 is 74.5. The van der Waals surface area contributed by atoms with Crippen LogP contribution in [-0.4, -0.2) is 30.9 Å². The first-order valence-corrected chi connectivity index (χ1v) is 3.47. The van der Waals surface area contributed by atoms with Gasteiger partial charge in [-0.15, -0.1) is 0 Å². The third-order valence-corrected chi connectivity index (χ3v) is 1.18. The fourth-order valence-corrected chi connectivity index (χ4v) is 0.564. The monoisotopic (exact) mass is 230 g/mol. The average Bonchev–Trinajstić information content (AvgIpc) is 1.98. The van der Waals surface area contributed by atoms with Crippen molar-refractivity contribution in [2.45, 2.75) is 18.3 Å². The predicted octanol–water partition coefficient (Wildman–Crippen LogP) is 2.74. The van der Waals surface area contributed by atoms with E-state index in [4.69, 9.17) is 11.6 Å². The minimum Gasteiger partial charge on any atom is -0.359 e. The van der Waals surface area contributed by atoms with Gasteiger partial charge in [0, 0.05) is 0 Å². The zero-order chi connectivity index (χ0) is 10.7. The average molecular weight is 231 g/mol. The summed E-state index contributed by atoms with van der Waals surface area (Å²) in [5.74, 6) is -4.60. The fourth-order valence-electron chi connectivity index (χ4n) is 0.487. The molecule has 0 aromatic carbocycles. The van der Waals surface area contributed by atoms with Crippen LogP contribution in [0.2, 0.25) is 0 Å². The van der Waals surface area contributed by atoms with Crippen molar-refractivity contribution in [1.82, 2.24) is 0 Å². The number of alkyl halides is 7. The maximum absolute atomic E-state index is 12.2. The summed E-state index contributed by atoms with van der Waals surface area (Å²) in [5.41, 5.74) is 0. The van der Waals surface area contributed by atoms with Crippen molar-refractivity contribution in [3.05, 3.63) is 0 Å². The van der Waals surface area contributed by atoms with Crippen LogP contribution < -0.4 is 0 Å². The largest absolute Gasteiger partial charge is 0.425 e. The Morgan fingerprint density at radius 2 is 1.62 bits per heavy atom. The minimum atomic E-state index is -5.60. The highest BCUT2D eigenvalue weighted by Gasteiger charge is 2.56. The van der Waals surface area contributed by atoms with Crippen LogP contribution in [0.5, 0.6) is 0 Å². The normalized spacial score (nSPS) is 15.9. The molecule has 0 aliphatic heterocycles. The SMILES string of the molecule is FC(C(F)(F)F)C(F)(F)COCCl. The quantitative estimate of drug-likeness (QED) is 0.533. The first kappa shape index (κ1) is 12.8. The van der Waals surface area contributed by atoms with Crippen LogP contribution in [0.25, 0.3) is 0 Å². The predicted molar refractivity (Wildman–Crippen MR) is 32.6 cm³/mol. The standard InChI is InChI=1S/C5H5ClF6O/c6-2-13-1-4(8,9)3(7)5(10,11)12/h3H,1-2H2. The van der Waals surface area contributed by atoms with Crippen LogP contribution in [0.15, 0.2) is 0 Å². The topological polar surface area (TPSA) is 9.23 Å². The molecule has 80 valence electrons. The lowest BCUT2D eigenvalue weighted by molar-refractivity contribution is -0.254. The molecule has 1 nitrogen and oxygen atoms in total. The molecule has 1 atom stereocenters. The fraction of sp³-hybridized carbons (Fsp3) is 1.00. The zero-order valence-electron chi connectivity index (χ0n) is 6.05. The second kappa shape index (κ2) is 4.36. The van der Waals surface area contributed by atoms with Crippen molar-refractivity contribution in [2.75, 3.05) is 12.7 Å². The Morgan fingerprint density at radius 1 is 1.15 bits per heavy atom. The van der Waals surface area contributed by atoms with Gasteiger partial charge in [0.1, 0.15) is 12.7 Å². The third kappa shape index (κ3) is 4.04. The van der Waals surface area contributed by atoms with Gasteiger partial charge in [-0.3, -0.25) is 0 Å². The Morgan fingerprint density at radius 3 is 1.92 bits per heavy atom. The van der Waals surface area contributed by atoms with Gasteiger partial charge in [-0.05, 0) is 0 Å². The molecule has 0 radical (unpaired) electrons.